The van der Waals surface area contributed by atoms with Crippen LogP contribution in [0.3, 0.4) is 0 Å². The number of carbonyl (C=O) groups excluding carboxylic acids is 1. The third-order valence-corrected chi connectivity index (χ3v) is 9.24. The highest BCUT2D eigenvalue weighted by molar-refractivity contribution is 7.99. The van der Waals surface area contributed by atoms with Crippen LogP contribution in [0, 0.1) is 10.1 Å². The molecule has 1 N–H and O–H groups in total. The number of hydrogen-bond donors (Lipinski definition) is 1. The normalized spacial score (nSPS) is 14.3. The van der Waals surface area contributed by atoms with Crippen molar-refractivity contribution in [2.75, 3.05) is 19.5 Å². The van der Waals surface area contributed by atoms with Crippen LogP contribution in [0.2, 0.25) is 0 Å². The van der Waals surface area contributed by atoms with Crippen molar-refractivity contribution in [1.82, 2.24) is 14.5 Å². The molecule has 0 saturated heterocycles. The molecule has 0 saturated carbocycles. The van der Waals surface area contributed by atoms with E-state index in [2.05, 4.69) is 15.3 Å². The van der Waals surface area contributed by atoms with Gasteiger partial charge in [0, 0.05) is 46.7 Å². The number of amides is 1. The Morgan fingerprint density at radius 2 is 1.81 bits per heavy atom. The van der Waals surface area contributed by atoms with Crippen molar-refractivity contribution in [2.45, 2.75) is 23.0 Å². The number of nitrogens with one attached hydrogen (secondary N) is 1. The molecule has 12 nitrogen and oxygen atoms in total. The molecular weight excluding hydrogens is 641 g/mol. The lowest BCUT2D eigenvalue weighted by Gasteiger charge is -2.26. The molecule has 1 atom stereocenters. The van der Waals surface area contributed by atoms with Gasteiger partial charge in [-0.15, -0.1) is 0 Å². The number of methoxy groups -OCH3 is 2. The van der Waals surface area contributed by atoms with Crippen molar-refractivity contribution in [1.29, 1.82) is 0 Å². The number of non-ortho nitro benzene ring substituents is 1. The second kappa shape index (κ2) is 13.4. The maximum atomic E-state index is 14.3. The molecule has 6 rings (SSSR count). The number of rotatable bonds is 9. The first-order valence-electron chi connectivity index (χ1n) is 14.1. The molecule has 0 spiro atoms. The molecule has 3 aromatic carbocycles. The summed E-state index contributed by atoms with van der Waals surface area (Å²) < 4.78 is 12.8. The summed E-state index contributed by atoms with van der Waals surface area (Å²) in [5.41, 5.74) is 1.64. The van der Waals surface area contributed by atoms with E-state index < -0.39 is 22.4 Å². The predicted octanol–water partition coefficient (Wildman–Crippen LogP) is 4.74. The van der Waals surface area contributed by atoms with Crippen molar-refractivity contribution < 1.29 is 19.2 Å². The van der Waals surface area contributed by atoms with Crippen molar-refractivity contribution >= 4 is 46.5 Å². The maximum Gasteiger partial charge on any atom is 0.271 e. The predicted molar refractivity (Wildman–Crippen MR) is 178 cm³/mol. The number of fused-ring (bicyclic) bond motifs is 1. The Balaban J connectivity index is 1.54. The Labute approximate surface area is 275 Å². The highest BCUT2D eigenvalue weighted by Gasteiger charge is 2.34. The summed E-state index contributed by atoms with van der Waals surface area (Å²) in [5, 5.41) is 15.1. The number of para-hydroxylation sites is 1. The van der Waals surface area contributed by atoms with E-state index in [0.717, 1.165) is 11.3 Å². The van der Waals surface area contributed by atoms with Crippen LogP contribution in [0.5, 0.6) is 11.5 Å². The molecular formula is C33H26N6O6S2. The minimum absolute atomic E-state index is 0.140. The van der Waals surface area contributed by atoms with Crippen LogP contribution < -0.4 is 29.7 Å². The molecule has 0 bridgehead atoms. The van der Waals surface area contributed by atoms with Gasteiger partial charge in [-0.3, -0.25) is 24.3 Å². The van der Waals surface area contributed by atoms with Crippen LogP contribution in [0.15, 0.2) is 116 Å². The lowest BCUT2D eigenvalue weighted by atomic mass is 9.94. The summed E-state index contributed by atoms with van der Waals surface area (Å²) in [6.07, 6.45) is 4.78. The Morgan fingerprint density at radius 3 is 2.51 bits per heavy atom. The molecule has 1 aliphatic heterocycles. The third kappa shape index (κ3) is 6.41. The van der Waals surface area contributed by atoms with Crippen LogP contribution in [-0.2, 0) is 4.79 Å². The Hall–Kier alpha value is -5.60. The fourth-order valence-corrected chi connectivity index (χ4v) is 6.94. The molecule has 2 aromatic heterocycles. The van der Waals surface area contributed by atoms with E-state index >= 15 is 0 Å². The van der Waals surface area contributed by atoms with Crippen molar-refractivity contribution in [2.24, 2.45) is 4.99 Å². The van der Waals surface area contributed by atoms with Gasteiger partial charge < -0.3 is 14.8 Å². The number of anilines is 1. The van der Waals surface area contributed by atoms with Crippen LogP contribution in [-0.4, -0.2) is 39.6 Å². The fraction of sp³-hybridized carbons (Fsp3) is 0.121. The molecule has 14 heteroatoms. The molecule has 0 unspecified atom stereocenters. The van der Waals surface area contributed by atoms with E-state index in [1.54, 1.807) is 80.0 Å². The van der Waals surface area contributed by atoms with E-state index in [0.29, 0.717) is 48.9 Å². The fourth-order valence-electron chi connectivity index (χ4n) is 5.10. The molecule has 0 fully saturated rings. The van der Waals surface area contributed by atoms with Gasteiger partial charge in [-0.05, 0) is 66.7 Å². The number of carbonyl (C=O) groups is 1. The van der Waals surface area contributed by atoms with E-state index in [9.17, 15) is 19.7 Å². The number of nitro benzene ring substituents is 1. The number of benzene rings is 3. The van der Waals surface area contributed by atoms with E-state index in [1.807, 2.05) is 6.07 Å². The van der Waals surface area contributed by atoms with Gasteiger partial charge in [-0.25, -0.2) is 15.0 Å². The van der Waals surface area contributed by atoms with Crippen LogP contribution >= 0.6 is 23.1 Å². The minimum atomic E-state index is -0.922. The quantitative estimate of drug-likeness (QED) is 0.134. The zero-order valence-corrected chi connectivity index (χ0v) is 26.9. The number of nitro groups is 1. The van der Waals surface area contributed by atoms with Gasteiger partial charge in [0.05, 0.1) is 34.9 Å². The van der Waals surface area contributed by atoms with Gasteiger partial charge >= 0.3 is 0 Å². The topological polar surface area (TPSA) is 151 Å². The molecule has 236 valence electrons. The van der Waals surface area contributed by atoms with Crippen LogP contribution in [0.4, 0.5) is 11.4 Å². The summed E-state index contributed by atoms with van der Waals surface area (Å²) in [6.45, 7) is 1.72. The largest absolute Gasteiger partial charge is 0.497 e. The zero-order valence-electron chi connectivity index (χ0n) is 25.2. The summed E-state index contributed by atoms with van der Waals surface area (Å²) in [7, 11) is 3.03. The highest BCUT2D eigenvalue weighted by atomic mass is 32.2. The number of aromatic nitrogens is 3. The standard InChI is InChI=1S/C33H26N6O6S2/c1-19-28(30(40)37-21-8-5-4-6-9-21)29(24-12-11-23(44-2)18-25(24)45-3)38-31(41)27(47-33(38)36-19)17-20-16-22(39(42)43)10-13-26(20)46-32-34-14-7-15-35-32/h4-18,29H,1-3H3,(H,37,40)/b27-17+/t29-/m1/s1. The first kappa shape index (κ1) is 31.4. The summed E-state index contributed by atoms with van der Waals surface area (Å²) in [5.74, 6) is 0.505. The average Bonchev–Trinajstić information content (AvgIpc) is 3.38. The zero-order chi connectivity index (χ0) is 33.1. The van der Waals surface area contributed by atoms with Crippen molar-refractivity contribution in [3.8, 4) is 11.5 Å². The molecule has 1 amide bonds. The first-order valence-corrected chi connectivity index (χ1v) is 15.7. The lowest BCUT2D eigenvalue weighted by Crippen LogP contribution is -2.40. The average molecular weight is 667 g/mol. The molecule has 5 aromatic rings. The smallest absolute Gasteiger partial charge is 0.271 e. The monoisotopic (exact) mass is 666 g/mol. The molecule has 0 radical (unpaired) electrons. The van der Waals surface area contributed by atoms with Crippen LogP contribution in [0.1, 0.15) is 24.1 Å². The van der Waals surface area contributed by atoms with E-state index in [4.69, 9.17) is 14.5 Å². The third-order valence-electron chi connectivity index (χ3n) is 7.27. The Bertz CT molecular complexity index is 2220. The van der Waals surface area contributed by atoms with Crippen molar-refractivity contribution in [3.05, 3.63) is 137 Å². The number of ether oxygens (including phenoxy) is 2. The van der Waals surface area contributed by atoms with Gasteiger partial charge in [0.25, 0.3) is 17.2 Å². The summed E-state index contributed by atoms with van der Waals surface area (Å²) >= 11 is 2.33. The van der Waals surface area contributed by atoms with Gasteiger partial charge in [0.2, 0.25) is 0 Å². The summed E-state index contributed by atoms with van der Waals surface area (Å²) in [6, 6.07) is 19.3. The molecule has 0 aliphatic carbocycles. The number of thiazole rings is 1. The molecule has 47 heavy (non-hydrogen) atoms. The lowest BCUT2D eigenvalue weighted by molar-refractivity contribution is -0.384. The van der Waals surface area contributed by atoms with Gasteiger partial charge in [0.1, 0.15) is 17.5 Å². The van der Waals surface area contributed by atoms with E-state index in [1.165, 1.54) is 42.7 Å². The number of nitrogens with zero attached hydrogens (tertiary/aromatic N) is 5. The van der Waals surface area contributed by atoms with Gasteiger partial charge in [0.15, 0.2) is 9.96 Å². The first-order chi connectivity index (χ1) is 22.8. The second-order valence-corrected chi connectivity index (χ2v) is 12.1. The van der Waals surface area contributed by atoms with Gasteiger partial charge in [-0.1, -0.05) is 29.5 Å². The molecule has 3 heterocycles. The second-order valence-electron chi connectivity index (χ2n) is 10.1. The SMILES string of the molecule is COc1ccc([C@@H]2C(C(=O)Nc3ccccc3)=C(C)N=c3s/c(=C/c4cc([N+](=O)[O-])ccc4Sc4ncccn4)c(=O)n32)c(OC)c1. The highest BCUT2D eigenvalue weighted by Crippen LogP contribution is 2.38. The van der Waals surface area contributed by atoms with Crippen LogP contribution in [0.25, 0.3) is 6.08 Å². The number of allylic oxidation sites excluding steroid dienone is 1. The molecule has 1 aliphatic rings. The minimum Gasteiger partial charge on any atom is -0.497 e. The number of hydrogen-bond acceptors (Lipinski definition) is 11. The Kier molecular flexibility index (Phi) is 8.95. The maximum absolute atomic E-state index is 14.3. The summed E-state index contributed by atoms with van der Waals surface area (Å²) in [4.78, 5) is 53.6. The van der Waals surface area contributed by atoms with E-state index in [-0.39, 0.29) is 15.8 Å². The van der Waals surface area contributed by atoms with Crippen molar-refractivity contribution in [3.63, 3.8) is 0 Å². The Morgan fingerprint density at radius 1 is 1.04 bits per heavy atom. The van der Waals surface area contributed by atoms with Gasteiger partial charge in [-0.2, -0.15) is 0 Å².